The van der Waals surface area contributed by atoms with Gasteiger partial charge in [-0.05, 0) is 57.0 Å². The fourth-order valence-corrected chi connectivity index (χ4v) is 2.26. The van der Waals surface area contributed by atoms with Crippen LogP contribution in [0.1, 0.15) is 5.56 Å². The van der Waals surface area contributed by atoms with Gasteiger partial charge in [0, 0.05) is 16.2 Å². The smallest absolute Gasteiger partial charge is 0.0991 e. The highest BCUT2D eigenvalue weighted by atomic mass is 79.9. The van der Waals surface area contributed by atoms with E-state index in [1.165, 1.54) is 0 Å². The first-order valence-electron chi connectivity index (χ1n) is 5.82. The Labute approximate surface area is 119 Å². The third kappa shape index (κ3) is 2.35. The van der Waals surface area contributed by atoms with Crippen molar-refractivity contribution in [3.8, 4) is 17.3 Å². The summed E-state index contributed by atoms with van der Waals surface area (Å²) in [6.07, 6.45) is 1.79. The lowest BCUT2D eigenvalue weighted by Gasteiger charge is -2.04. The van der Waals surface area contributed by atoms with Crippen molar-refractivity contribution in [3.05, 3.63) is 64.8 Å². The summed E-state index contributed by atoms with van der Waals surface area (Å²) in [5.74, 6) is 0. The number of rotatable bonds is 1. The predicted molar refractivity (Wildman–Crippen MR) is 79.6 cm³/mol. The maximum atomic E-state index is 8.89. The lowest BCUT2D eigenvalue weighted by molar-refractivity contribution is 1.31. The molecule has 19 heavy (non-hydrogen) atoms. The molecule has 3 heteroatoms. The van der Waals surface area contributed by atoms with Crippen molar-refractivity contribution < 1.29 is 0 Å². The van der Waals surface area contributed by atoms with Crippen LogP contribution in [-0.4, -0.2) is 4.98 Å². The Kier molecular flexibility index (Phi) is 3.02. The van der Waals surface area contributed by atoms with E-state index < -0.39 is 0 Å². The van der Waals surface area contributed by atoms with Gasteiger partial charge in [-0.1, -0.05) is 18.2 Å². The van der Waals surface area contributed by atoms with Gasteiger partial charge >= 0.3 is 0 Å². The molecule has 0 fully saturated rings. The van der Waals surface area contributed by atoms with Crippen LogP contribution in [0.4, 0.5) is 0 Å². The van der Waals surface area contributed by atoms with Crippen LogP contribution >= 0.6 is 15.9 Å². The van der Waals surface area contributed by atoms with Crippen molar-refractivity contribution in [2.75, 3.05) is 0 Å². The topological polar surface area (TPSA) is 36.7 Å². The number of aromatic nitrogens is 1. The summed E-state index contributed by atoms with van der Waals surface area (Å²) in [4.78, 5) is 4.39. The number of fused-ring (bicyclic) bond motifs is 1. The molecule has 0 unspecified atom stereocenters. The second-order valence-corrected chi connectivity index (χ2v) is 5.17. The molecule has 0 radical (unpaired) electrons. The molecule has 1 aromatic heterocycles. The SMILES string of the molecule is N#Cc1ccc2cc(-c3ccc(Br)cn3)ccc2c1. The molecule has 0 atom stereocenters. The molecule has 3 rings (SSSR count). The van der Waals surface area contributed by atoms with Gasteiger partial charge in [0.05, 0.1) is 17.3 Å². The molecule has 0 spiro atoms. The first kappa shape index (κ1) is 11.9. The van der Waals surface area contributed by atoms with Crippen LogP contribution in [-0.2, 0) is 0 Å². The van der Waals surface area contributed by atoms with E-state index in [9.17, 15) is 0 Å². The average molecular weight is 309 g/mol. The molecular weight excluding hydrogens is 300 g/mol. The molecule has 3 aromatic rings. The van der Waals surface area contributed by atoms with E-state index in [1.54, 1.807) is 6.20 Å². The van der Waals surface area contributed by atoms with Crippen molar-refractivity contribution in [1.82, 2.24) is 4.98 Å². The summed E-state index contributed by atoms with van der Waals surface area (Å²) in [7, 11) is 0. The number of nitrogens with zero attached hydrogens (tertiary/aromatic N) is 2. The molecule has 1 heterocycles. The zero-order chi connectivity index (χ0) is 13.2. The van der Waals surface area contributed by atoms with E-state index in [0.717, 1.165) is 26.5 Å². The molecule has 90 valence electrons. The van der Waals surface area contributed by atoms with Crippen molar-refractivity contribution in [2.45, 2.75) is 0 Å². The summed E-state index contributed by atoms with van der Waals surface area (Å²) in [6, 6.07) is 18.0. The Bertz CT molecular complexity index is 786. The van der Waals surface area contributed by atoms with Crippen LogP contribution < -0.4 is 0 Å². The summed E-state index contributed by atoms with van der Waals surface area (Å²) < 4.78 is 0.968. The maximum Gasteiger partial charge on any atom is 0.0991 e. The molecule has 0 saturated heterocycles. The quantitative estimate of drug-likeness (QED) is 0.662. The van der Waals surface area contributed by atoms with Gasteiger partial charge in [0.25, 0.3) is 0 Å². The molecule has 2 nitrogen and oxygen atoms in total. The Hall–Kier alpha value is -2.18. The highest BCUT2D eigenvalue weighted by molar-refractivity contribution is 9.10. The summed E-state index contributed by atoms with van der Waals surface area (Å²) in [5, 5.41) is 11.1. The second kappa shape index (κ2) is 4.83. The first-order chi connectivity index (χ1) is 9.26. The van der Waals surface area contributed by atoms with Gasteiger partial charge in [0.2, 0.25) is 0 Å². The Morgan fingerprint density at radius 2 is 1.74 bits per heavy atom. The van der Waals surface area contributed by atoms with Crippen LogP contribution in [0.15, 0.2) is 59.2 Å². The van der Waals surface area contributed by atoms with Crippen molar-refractivity contribution in [1.29, 1.82) is 5.26 Å². The lowest BCUT2D eigenvalue weighted by Crippen LogP contribution is -1.84. The molecular formula is C16H9BrN2. The van der Waals surface area contributed by atoms with Crippen molar-refractivity contribution >= 4 is 26.7 Å². The molecule has 0 aliphatic heterocycles. The number of nitriles is 1. The molecule has 0 saturated carbocycles. The third-order valence-corrected chi connectivity index (χ3v) is 3.46. The monoisotopic (exact) mass is 308 g/mol. The van der Waals surface area contributed by atoms with Gasteiger partial charge < -0.3 is 0 Å². The standard InChI is InChI=1S/C16H9BrN2/c17-15-5-6-16(19-10-15)14-4-3-12-7-11(9-18)1-2-13(12)8-14/h1-8,10H. The highest BCUT2D eigenvalue weighted by Gasteiger charge is 2.02. The van der Waals surface area contributed by atoms with E-state index >= 15 is 0 Å². The first-order valence-corrected chi connectivity index (χ1v) is 6.61. The highest BCUT2D eigenvalue weighted by Crippen LogP contribution is 2.24. The Balaban J connectivity index is 2.12. The molecule has 0 amide bonds. The van der Waals surface area contributed by atoms with Crippen LogP contribution in [0.3, 0.4) is 0 Å². The summed E-state index contributed by atoms with van der Waals surface area (Å²) in [5.41, 5.74) is 2.70. The molecule has 0 N–H and O–H groups in total. The molecule has 0 aliphatic rings. The Morgan fingerprint density at radius 3 is 2.47 bits per heavy atom. The zero-order valence-electron chi connectivity index (χ0n) is 9.97. The molecule has 0 bridgehead atoms. The Morgan fingerprint density at radius 1 is 0.947 bits per heavy atom. The fourth-order valence-electron chi connectivity index (χ4n) is 2.02. The number of hydrogen-bond donors (Lipinski definition) is 0. The molecule has 0 aliphatic carbocycles. The third-order valence-electron chi connectivity index (χ3n) is 2.99. The van der Waals surface area contributed by atoms with E-state index in [2.05, 4.69) is 33.0 Å². The van der Waals surface area contributed by atoms with Crippen LogP contribution in [0.5, 0.6) is 0 Å². The van der Waals surface area contributed by atoms with Gasteiger partial charge in [-0.15, -0.1) is 0 Å². The van der Waals surface area contributed by atoms with Gasteiger partial charge in [0.1, 0.15) is 0 Å². The van der Waals surface area contributed by atoms with E-state index in [1.807, 2.05) is 42.5 Å². The van der Waals surface area contributed by atoms with Gasteiger partial charge in [-0.3, -0.25) is 4.98 Å². The minimum atomic E-state index is 0.682. The van der Waals surface area contributed by atoms with Crippen molar-refractivity contribution in [2.24, 2.45) is 0 Å². The summed E-state index contributed by atoms with van der Waals surface area (Å²) in [6.45, 7) is 0. The van der Waals surface area contributed by atoms with E-state index in [4.69, 9.17) is 5.26 Å². The minimum absolute atomic E-state index is 0.682. The normalized spacial score (nSPS) is 10.3. The average Bonchev–Trinajstić information content (AvgIpc) is 2.47. The van der Waals surface area contributed by atoms with Crippen molar-refractivity contribution in [3.63, 3.8) is 0 Å². The van der Waals surface area contributed by atoms with Gasteiger partial charge in [0.15, 0.2) is 0 Å². The van der Waals surface area contributed by atoms with Gasteiger partial charge in [-0.2, -0.15) is 5.26 Å². The summed E-state index contributed by atoms with van der Waals surface area (Å²) >= 11 is 3.38. The van der Waals surface area contributed by atoms with Crippen LogP contribution in [0.2, 0.25) is 0 Å². The minimum Gasteiger partial charge on any atom is -0.255 e. The predicted octanol–water partition coefficient (Wildman–Crippen LogP) is 4.54. The van der Waals surface area contributed by atoms with E-state index in [0.29, 0.717) is 5.56 Å². The number of halogens is 1. The fraction of sp³-hybridized carbons (Fsp3) is 0. The zero-order valence-corrected chi connectivity index (χ0v) is 11.6. The van der Waals surface area contributed by atoms with Crippen LogP contribution in [0, 0.1) is 11.3 Å². The second-order valence-electron chi connectivity index (χ2n) is 4.25. The van der Waals surface area contributed by atoms with Gasteiger partial charge in [-0.25, -0.2) is 0 Å². The number of pyridine rings is 1. The van der Waals surface area contributed by atoms with E-state index in [-0.39, 0.29) is 0 Å². The number of hydrogen-bond acceptors (Lipinski definition) is 2. The maximum absolute atomic E-state index is 8.89. The lowest BCUT2D eigenvalue weighted by atomic mass is 10.0. The molecule has 2 aromatic carbocycles. The number of benzene rings is 2. The largest absolute Gasteiger partial charge is 0.255 e. The van der Waals surface area contributed by atoms with Crippen LogP contribution in [0.25, 0.3) is 22.0 Å².